The van der Waals surface area contributed by atoms with Gasteiger partial charge in [-0.3, -0.25) is 4.39 Å². The van der Waals surface area contributed by atoms with Gasteiger partial charge in [0.05, 0.1) is 12.2 Å². The number of benzene rings is 1. The SMILES string of the molecule is CCOC(OCC)c1c(F)cc(Nc2cccn2CCCF)cc1F. The van der Waals surface area contributed by atoms with E-state index < -0.39 is 24.6 Å². The van der Waals surface area contributed by atoms with Crippen LogP contribution >= 0.6 is 0 Å². The maximum absolute atomic E-state index is 14.4. The maximum atomic E-state index is 14.4. The van der Waals surface area contributed by atoms with Crippen LogP contribution < -0.4 is 5.32 Å². The van der Waals surface area contributed by atoms with Crippen molar-refractivity contribution in [3.63, 3.8) is 0 Å². The van der Waals surface area contributed by atoms with E-state index in [0.717, 1.165) is 0 Å². The topological polar surface area (TPSA) is 35.4 Å². The first kappa shape index (κ1) is 19.3. The van der Waals surface area contributed by atoms with Crippen LogP contribution in [-0.4, -0.2) is 24.5 Å². The molecule has 0 amide bonds. The molecule has 4 nitrogen and oxygen atoms in total. The van der Waals surface area contributed by atoms with E-state index in [-0.39, 0.29) is 24.5 Å². The summed E-state index contributed by atoms with van der Waals surface area (Å²) in [6, 6.07) is 5.92. The lowest BCUT2D eigenvalue weighted by Gasteiger charge is -2.19. The summed E-state index contributed by atoms with van der Waals surface area (Å²) < 4.78 is 53.6. The number of hydrogen-bond acceptors (Lipinski definition) is 3. The molecule has 25 heavy (non-hydrogen) atoms. The van der Waals surface area contributed by atoms with Gasteiger partial charge in [-0.15, -0.1) is 0 Å². The summed E-state index contributed by atoms with van der Waals surface area (Å²) in [6.45, 7) is 4.04. The zero-order valence-corrected chi connectivity index (χ0v) is 14.4. The van der Waals surface area contributed by atoms with Crippen molar-refractivity contribution >= 4 is 11.5 Å². The fourth-order valence-electron chi connectivity index (χ4n) is 2.50. The Morgan fingerprint density at radius 1 is 1.12 bits per heavy atom. The summed E-state index contributed by atoms with van der Waals surface area (Å²) in [5.74, 6) is -0.876. The highest BCUT2D eigenvalue weighted by Crippen LogP contribution is 2.29. The third-order valence-corrected chi connectivity index (χ3v) is 3.59. The number of ether oxygens (including phenoxy) is 2. The van der Waals surface area contributed by atoms with Crippen molar-refractivity contribution in [1.29, 1.82) is 0 Å². The molecule has 1 N–H and O–H groups in total. The Bertz CT molecular complexity index is 647. The van der Waals surface area contributed by atoms with Gasteiger partial charge >= 0.3 is 0 Å². The first-order chi connectivity index (χ1) is 12.1. The molecule has 7 heteroatoms. The molecule has 2 aromatic rings. The Morgan fingerprint density at radius 2 is 1.76 bits per heavy atom. The Balaban J connectivity index is 2.23. The third kappa shape index (κ3) is 4.99. The standard InChI is InChI=1S/C18H23F3N2O2/c1-3-24-18(25-4-2)17-14(20)11-13(12-15(17)21)22-16-7-5-9-23(16)10-6-8-19/h5,7,9,11-12,18,22H,3-4,6,8,10H2,1-2H3. The van der Waals surface area contributed by atoms with E-state index in [1.54, 1.807) is 36.7 Å². The Labute approximate surface area is 145 Å². The number of aryl methyl sites for hydroxylation is 1. The van der Waals surface area contributed by atoms with E-state index in [1.165, 1.54) is 12.1 Å². The molecule has 0 saturated carbocycles. The molecule has 0 spiro atoms. The summed E-state index contributed by atoms with van der Waals surface area (Å²) in [6.07, 6.45) is 1.06. The van der Waals surface area contributed by atoms with Crippen molar-refractivity contribution in [2.45, 2.75) is 33.1 Å². The lowest BCUT2D eigenvalue weighted by atomic mass is 10.1. The van der Waals surface area contributed by atoms with Crippen LogP contribution in [0.25, 0.3) is 0 Å². The largest absolute Gasteiger partial charge is 0.348 e. The molecule has 0 fully saturated rings. The van der Waals surface area contributed by atoms with Gasteiger partial charge in [-0.1, -0.05) is 0 Å². The van der Waals surface area contributed by atoms with E-state index in [0.29, 0.717) is 18.8 Å². The van der Waals surface area contributed by atoms with Gasteiger partial charge < -0.3 is 19.4 Å². The van der Waals surface area contributed by atoms with Gasteiger partial charge in [0.2, 0.25) is 0 Å². The fourth-order valence-corrected chi connectivity index (χ4v) is 2.50. The van der Waals surface area contributed by atoms with Crippen molar-refractivity contribution in [3.05, 3.63) is 47.7 Å². The minimum Gasteiger partial charge on any atom is -0.348 e. The van der Waals surface area contributed by atoms with Gasteiger partial charge in [-0.2, -0.15) is 0 Å². The van der Waals surface area contributed by atoms with Crippen molar-refractivity contribution in [3.8, 4) is 0 Å². The van der Waals surface area contributed by atoms with Crippen LogP contribution in [-0.2, 0) is 16.0 Å². The van der Waals surface area contributed by atoms with E-state index >= 15 is 0 Å². The highest BCUT2D eigenvalue weighted by atomic mass is 19.1. The van der Waals surface area contributed by atoms with Crippen LogP contribution in [0.2, 0.25) is 0 Å². The van der Waals surface area contributed by atoms with Crippen molar-refractivity contribution in [1.82, 2.24) is 4.57 Å². The first-order valence-corrected chi connectivity index (χ1v) is 8.30. The summed E-state index contributed by atoms with van der Waals surface area (Å²) in [7, 11) is 0. The van der Waals surface area contributed by atoms with Gasteiger partial charge in [-0.25, -0.2) is 8.78 Å². The molecule has 0 atom stereocenters. The maximum Gasteiger partial charge on any atom is 0.189 e. The number of alkyl halides is 1. The zero-order valence-electron chi connectivity index (χ0n) is 14.4. The van der Waals surface area contributed by atoms with Crippen LogP contribution in [0.3, 0.4) is 0 Å². The molecular weight excluding hydrogens is 333 g/mol. The van der Waals surface area contributed by atoms with Crippen molar-refractivity contribution in [2.75, 3.05) is 25.2 Å². The third-order valence-electron chi connectivity index (χ3n) is 3.59. The molecule has 0 aliphatic heterocycles. The Hall–Kier alpha value is -1.99. The second kappa shape index (κ2) is 9.48. The average Bonchev–Trinajstić information content (AvgIpc) is 2.99. The predicted molar refractivity (Wildman–Crippen MR) is 90.7 cm³/mol. The first-order valence-electron chi connectivity index (χ1n) is 8.30. The van der Waals surface area contributed by atoms with E-state index in [2.05, 4.69) is 5.32 Å². The lowest BCUT2D eigenvalue weighted by molar-refractivity contribution is -0.143. The minimum atomic E-state index is -1.09. The molecule has 138 valence electrons. The number of aromatic nitrogens is 1. The molecule has 1 aromatic carbocycles. The Morgan fingerprint density at radius 3 is 2.32 bits per heavy atom. The summed E-state index contributed by atoms with van der Waals surface area (Å²) in [5.41, 5.74) is 0.00718. The van der Waals surface area contributed by atoms with Gasteiger partial charge in [0.25, 0.3) is 0 Å². The molecule has 0 unspecified atom stereocenters. The van der Waals surface area contributed by atoms with Crippen molar-refractivity contribution in [2.24, 2.45) is 0 Å². The normalized spacial score (nSPS) is 11.3. The number of nitrogens with one attached hydrogen (secondary N) is 1. The zero-order chi connectivity index (χ0) is 18.2. The second-order valence-corrected chi connectivity index (χ2v) is 5.35. The van der Waals surface area contributed by atoms with Crippen molar-refractivity contribution < 1.29 is 22.6 Å². The van der Waals surface area contributed by atoms with Crippen LogP contribution in [0.4, 0.5) is 24.7 Å². The van der Waals surface area contributed by atoms with Crippen LogP contribution in [0.15, 0.2) is 30.5 Å². The molecular formula is C18H23F3N2O2. The monoisotopic (exact) mass is 356 g/mol. The van der Waals surface area contributed by atoms with E-state index in [9.17, 15) is 13.2 Å². The highest BCUT2D eigenvalue weighted by Gasteiger charge is 2.22. The van der Waals surface area contributed by atoms with Gasteiger partial charge in [0.15, 0.2) is 6.29 Å². The lowest BCUT2D eigenvalue weighted by Crippen LogP contribution is -2.13. The number of hydrogen-bond donors (Lipinski definition) is 1. The minimum absolute atomic E-state index is 0.248. The highest BCUT2D eigenvalue weighted by molar-refractivity contribution is 5.58. The number of rotatable bonds is 10. The fraction of sp³-hybridized carbons (Fsp3) is 0.444. The summed E-state index contributed by atoms with van der Waals surface area (Å²) in [5, 5.41) is 2.95. The quantitative estimate of drug-likeness (QED) is 0.613. The van der Waals surface area contributed by atoms with Crippen LogP contribution in [0.1, 0.15) is 32.1 Å². The Kier molecular flexibility index (Phi) is 7.33. The molecule has 2 rings (SSSR count). The number of nitrogens with zero attached hydrogens (tertiary/aromatic N) is 1. The van der Waals surface area contributed by atoms with Gasteiger partial charge in [0, 0.05) is 31.6 Å². The van der Waals surface area contributed by atoms with Crippen LogP contribution in [0.5, 0.6) is 0 Å². The molecule has 0 radical (unpaired) electrons. The molecule has 0 aliphatic carbocycles. The molecule has 1 heterocycles. The number of anilines is 2. The van der Waals surface area contributed by atoms with E-state index in [4.69, 9.17) is 9.47 Å². The summed E-state index contributed by atoms with van der Waals surface area (Å²) in [4.78, 5) is 0. The van der Waals surface area contributed by atoms with Crippen LogP contribution in [0, 0.1) is 11.6 Å². The molecule has 1 aromatic heterocycles. The van der Waals surface area contributed by atoms with Gasteiger partial charge in [0.1, 0.15) is 17.5 Å². The molecule has 0 saturated heterocycles. The second-order valence-electron chi connectivity index (χ2n) is 5.35. The van der Waals surface area contributed by atoms with Gasteiger partial charge in [-0.05, 0) is 44.5 Å². The summed E-state index contributed by atoms with van der Waals surface area (Å²) >= 11 is 0. The molecule has 0 bridgehead atoms. The predicted octanol–water partition coefficient (Wildman–Crippen LogP) is 4.94. The average molecular weight is 356 g/mol. The smallest absolute Gasteiger partial charge is 0.189 e. The molecule has 0 aliphatic rings. The number of halogens is 3. The van der Waals surface area contributed by atoms with E-state index in [1.807, 2.05) is 0 Å².